The fraction of sp³-hybridized carbons (Fsp3) is 0.318. The lowest BCUT2D eigenvalue weighted by Crippen LogP contribution is -2.86. The Balaban J connectivity index is 2.35. The van der Waals surface area contributed by atoms with Gasteiger partial charge in [0.15, 0.2) is 33.5 Å². The number of aliphatic hydroxyl groups is 4. The van der Waals surface area contributed by atoms with Crippen LogP contribution in [0.3, 0.4) is 0 Å². The lowest BCUT2D eigenvalue weighted by molar-refractivity contribution is -0.300. The van der Waals surface area contributed by atoms with E-state index in [1.165, 1.54) is 48.5 Å². The van der Waals surface area contributed by atoms with E-state index in [0.717, 1.165) is 6.92 Å². The topological polar surface area (TPSA) is 153 Å². The maximum absolute atomic E-state index is 13.7. The Hall–Kier alpha value is -2.47. The second-order valence-electron chi connectivity index (χ2n) is 7.46. The van der Waals surface area contributed by atoms with Crippen LogP contribution in [0.25, 0.3) is 0 Å². The second kappa shape index (κ2) is 8.81. The van der Waals surface area contributed by atoms with Gasteiger partial charge in [-0.05, 0) is 15.9 Å². The van der Waals surface area contributed by atoms with Gasteiger partial charge < -0.3 is 30.5 Å². The molecule has 0 radical (unpaired) electrons. The van der Waals surface area contributed by atoms with Crippen LogP contribution in [0.1, 0.15) is 27.6 Å². The Morgan fingerprint density at radius 3 is 1.88 bits per heavy atom. The van der Waals surface area contributed by atoms with Crippen molar-refractivity contribution in [1.82, 2.24) is 5.32 Å². The lowest BCUT2D eigenvalue weighted by Gasteiger charge is -2.56. The van der Waals surface area contributed by atoms with E-state index < -0.39 is 52.1 Å². The van der Waals surface area contributed by atoms with E-state index in [0.29, 0.717) is 0 Å². The van der Waals surface area contributed by atoms with Gasteiger partial charge in [-0.25, -0.2) is 0 Å². The summed E-state index contributed by atoms with van der Waals surface area (Å²) < 4.78 is 3.07. The van der Waals surface area contributed by atoms with Crippen LogP contribution in [0.15, 0.2) is 60.7 Å². The first-order chi connectivity index (χ1) is 15.0. The van der Waals surface area contributed by atoms with E-state index >= 15 is 0 Å². The predicted octanol–water partition coefficient (Wildman–Crippen LogP) is 0.151. The van der Waals surface area contributed by atoms with Gasteiger partial charge in [0.05, 0.1) is 6.61 Å². The number of alkyl halides is 1. The summed E-state index contributed by atoms with van der Waals surface area (Å²) in [6.45, 7) is 0.0137. The van der Waals surface area contributed by atoms with E-state index in [1.54, 1.807) is 12.1 Å². The van der Waals surface area contributed by atoms with Crippen LogP contribution in [-0.2, 0) is 9.53 Å². The average Bonchev–Trinajstić information content (AvgIpc) is 2.80. The Morgan fingerprint density at radius 1 is 0.969 bits per heavy atom. The molecule has 1 aliphatic rings. The van der Waals surface area contributed by atoms with Gasteiger partial charge in [0.25, 0.3) is 0 Å². The van der Waals surface area contributed by atoms with Crippen LogP contribution < -0.4 is 5.32 Å². The summed E-state index contributed by atoms with van der Waals surface area (Å²) in [6, 6.07) is 14.6. The van der Waals surface area contributed by atoms with Crippen molar-refractivity contribution in [3.8, 4) is 0 Å². The molecule has 1 aliphatic heterocycles. The van der Waals surface area contributed by atoms with E-state index in [-0.39, 0.29) is 11.1 Å². The van der Waals surface area contributed by atoms with Gasteiger partial charge in [0.2, 0.25) is 5.91 Å². The van der Waals surface area contributed by atoms with Crippen molar-refractivity contribution in [1.29, 1.82) is 0 Å². The first-order valence-corrected chi connectivity index (χ1v) is 10.4. The van der Waals surface area contributed by atoms with Gasteiger partial charge in [-0.1, -0.05) is 60.7 Å². The van der Waals surface area contributed by atoms with Crippen molar-refractivity contribution in [3.63, 3.8) is 0 Å². The van der Waals surface area contributed by atoms with Crippen molar-refractivity contribution < 1.29 is 39.5 Å². The molecule has 3 rings (SSSR count). The average molecular weight is 508 g/mol. The van der Waals surface area contributed by atoms with Crippen molar-refractivity contribution >= 4 is 33.4 Å². The SMILES string of the molecule is CC(=O)N[C@@]1(C(=O)c2ccccc2)C(O)O[C@@](Br)(CO)[C@@H](O)[C@@]1(O)C(=O)c1ccccc1. The molecule has 170 valence electrons. The molecule has 2 aromatic carbocycles. The highest BCUT2D eigenvalue weighted by Gasteiger charge is 2.75. The zero-order valence-electron chi connectivity index (χ0n) is 16.9. The normalized spacial score (nSPS) is 32.2. The quantitative estimate of drug-likeness (QED) is 0.273. The van der Waals surface area contributed by atoms with E-state index in [2.05, 4.69) is 21.2 Å². The van der Waals surface area contributed by atoms with Crippen molar-refractivity contribution in [2.24, 2.45) is 0 Å². The molecule has 10 heteroatoms. The third kappa shape index (κ3) is 3.58. The summed E-state index contributed by atoms with van der Waals surface area (Å²) >= 11 is 2.92. The number of nitrogens with one attached hydrogen (secondary N) is 1. The standard InChI is InChI=1S/C22H22BrNO8/c1-13(26)24-21(16(27)14-8-4-2-5-9-14)19(30)32-20(23,12-25)18(29)22(21,31)17(28)15-10-6-3-7-11-15/h2-11,18-19,25,29-31H,12H2,1H3,(H,24,26)/t18-,19?,20+,21+,22+/m1/s1. The molecular formula is C22H22BrNO8. The summed E-state index contributed by atoms with van der Waals surface area (Å²) in [7, 11) is 0. The molecule has 0 aliphatic carbocycles. The van der Waals surface area contributed by atoms with Crippen LogP contribution in [0, 0.1) is 0 Å². The number of halogens is 1. The predicted molar refractivity (Wildman–Crippen MR) is 115 cm³/mol. The van der Waals surface area contributed by atoms with Gasteiger partial charge in [-0.3, -0.25) is 14.4 Å². The highest BCUT2D eigenvalue weighted by molar-refractivity contribution is 9.10. The molecule has 0 spiro atoms. The first-order valence-electron chi connectivity index (χ1n) is 9.59. The first kappa shape index (κ1) is 24.2. The number of benzene rings is 2. The lowest BCUT2D eigenvalue weighted by atomic mass is 9.64. The molecule has 1 heterocycles. The van der Waals surface area contributed by atoms with E-state index in [1.807, 2.05) is 0 Å². The highest BCUT2D eigenvalue weighted by atomic mass is 79.9. The molecule has 1 amide bonds. The number of carbonyl (C=O) groups excluding carboxylic acids is 3. The molecule has 5 N–H and O–H groups in total. The summed E-state index contributed by atoms with van der Waals surface area (Å²) in [4.78, 5) is 39.5. The smallest absolute Gasteiger partial charge is 0.217 e. The van der Waals surface area contributed by atoms with Crippen LogP contribution in [0.5, 0.6) is 0 Å². The Bertz CT molecular complexity index is 1020. The van der Waals surface area contributed by atoms with Gasteiger partial charge in [-0.2, -0.15) is 0 Å². The number of aliphatic hydroxyl groups excluding tert-OH is 3. The minimum absolute atomic E-state index is 0.0820. The third-order valence-corrected chi connectivity index (χ3v) is 6.32. The molecule has 0 bridgehead atoms. The summed E-state index contributed by atoms with van der Waals surface area (Å²) in [5.41, 5.74) is -6.23. The largest absolute Gasteiger partial charge is 0.392 e. The third-order valence-electron chi connectivity index (χ3n) is 5.45. The molecule has 32 heavy (non-hydrogen) atoms. The molecule has 0 saturated carbocycles. The minimum atomic E-state index is -3.17. The van der Waals surface area contributed by atoms with Crippen LogP contribution >= 0.6 is 15.9 Å². The molecule has 1 saturated heterocycles. The molecular weight excluding hydrogens is 486 g/mol. The molecule has 5 atom stereocenters. The molecule has 0 aromatic heterocycles. The Morgan fingerprint density at radius 2 is 1.44 bits per heavy atom. The maximum atomic E-state index is 13.7. The minimum Gasteiger partial charge on any atom is -0.392 e. The summed E-state index contributed by atoms with van der Waals surface area (Å²) in [5, 5.41) is 46.0. The van der Waals surface area contributed by atoms with Crippen molar-refractivity contribution in [2.75, 3.05) is 6.61 Å². The van der Waals surface area contributed by atoms with Gasteiger partial charge in [0.1, 0.15) is 6.10 Å². The van der Waals surface area contributed by atoms with Crippen LogP contribution in [0.4, 0.5) is 0 Å². The number of Topliss-reactive ketones (excluding diaryl/α,β-unsaturated/α-hetero) is 2. The molecule has 1 fully saturated rings. The number of rotatable bonds is 6. The number of hydrogen-bond donors (Lipinski definition) is 5. The summed E-state index contributed by atoms with van der Waals surface area (Å²) in [6.07, 6.45) is -4.66. The van der Waals surface area contributed by atoms with Crippen molar-refractivity contribution in [3.05, 3.63) is 71.8 Å². The maximum Gasteiger partial charge on any atom is 0.217 e. The fourth-order valence-corrected chi connectivity index (χ4v) is 4.39. The number of amides is 1. The molecule has 9 nitrogen and oxygen atoms in total. The van der Waals surface area contributed by atoms with Gasteiger partial charge in [-0.15, -0.1) is 0 Å². The Labute approximate surface area is 191 Å². The molecule has 1 unspecified atom stereocenters. The highest BCUT2D eigenvalue weighted by Crippen LogP contribution is 2.48. The van der Waals surface area contributed by atoms with Gasteiger partial charge >= 0.3 is 0 Å². The van der Waals surface area contributed by atoms with E-state index in [9.17, 15) is 34.8 Å². The zero-order chi connectivity index (χ0) is 23.7. The summed E-state index contributed by atoms with van der Waals surface area (Å²) in [5.74, 6) is -3.16. The Kier molecular flexibility index (Phi) is 6.66. The number of ketones is 2. The monoisotopic (exact) mass is 507 g/mol. The number of carbonyl (C=O) groups is 3. The van der Waals surface area contributed by atoms with Crippen LogP contribution in [-0.4, -0.2) is 72.6 Å². The van der Waals surface area contributed by atoms with Gasteiger partial charge in [0, 0.05) is 18.1 Å². The van der Waals surface area contributed by atoms with Crippen molar-refractivity contribution in [2.45, 2.75) is 35.0 Å². The van der Waals surface area contributed by atoms with E-state index in [4.69, 9.17) is 4.74 Å². The number of ether oxygens (including phenoxy) is 1. The fourth-order valence-electron chi connectivity index (χ4n) is 3.88. The molecule has 2 aromatic rings. The number of hydrogen-bond acceptors (Lipinski definition) is 8. The van der Waals surface area contributed by atoms with Crippen LogP contribution in [0.2, 0.25) is 0 Å². The zero-order valence-corrected chi connectivity index (χ0v) is 18.5. The second-order valence-corrected chi connectivity index (χ2v) is 8.81.